The largest absolute Gasteiger partial charge is 0.616 e. The summed E-state index contributed by atoms with van der Waals surface area (Å²) in [6.07, 6.45) is 0.500. The summed E-state index contributed by atoms with van der Waals surface area (Å²) in [4.78, 5) is 26.7. The first-order chi connectivity index (χ1) is 13.8. The fraction of sp³-hybridized carbons (Fsp3) is 0.579. The maximum atomic E-state index is 14.7. The first-order valence-corrected chi connectivity index (χ1v) is 11.2. The maximum Gasteiger partial charge on any atom is 0.414 e. The zero-order chi connectivity index (χ0) is 20.3. The molecule has 1 aromatic carbocycles. The van der Waals surface area contributed by atoms with Gasteiger partial charge in [0.25, 0.3) is 0 Å². The molecule has 1 N–H and O–H groups in total. The average molecular weight is 425 g/mol. The molecule has 0 bridgehead atoms. The summed E-state index contributed by atoms with van der Waals surface area (Å²) >= 11 is -0.808. The highest BCUT2D eigenvalue weighted by molar-refractivity contribution is 7.92. The van der Waals surface area contributed by atoms with Gasteiger partial charge in [0.1, 0.15) is 23.3 Å². The number of ether oxygens (including phenoxy) is 1. The van der Waals surface area contributed by atoms with Crippen LogP contribution in [-0.2, 0) is 20.7 Å². The Hall–Kier alpha value is -2.07. The van der Waals surface area contributed by atoms with Crippen LogP contribution in [0.2, 0.25) is 0 Å². The lowest BCUT2D eigenvalue weighted by molar-refractivity contribution is -0.122. The molecule has 4 fully saturated rings. The van der Waals surface area contributed by atoms with E-state index in [1.54, 1.807) is 4.90 Å². The number of halogens is 2. The Kier molecular flexibility index (Phi) is 4.39. The van der Waals surface area contributed by atoms with E-state index in [1.165, 1.54) is 4.90 Å². The van der Waals surface area contributed by atoms with Gasteiger partial charge in [-0.1, -0.05) is 11.2 Å². The zero-order valence-corrected chi connectivity index (χ0v) is 16.5. The van der Waals surface area contributed by atoms with Crippen molar-refractivity contribution in [1.82, 2.24) is 5.32 Å². The SMILES string of the molecule is O=C(NC[C@H]1CN(c2cc(F)c(N3CC4(C3)C[S+]([O-])C4)c(F)c2)C(=O)O1)C1CC1. The van der Waals surface area contributed by atoms with Crippen LogP contribution in [0.5, 0.6) is 0 Å². The summed E-state index contributed by atoms with van der Waals surface area (Å²) in [6.45, 7) is 1.26. The molecule has 3 heterocycles. The van der Waals surface area contributed by atoms with Gasteiger partial charge in [-0.25, -0.2) is 13.6 Å². The molecule has 3 saturated heterocycles. The van der Waals surface area contributed by atoms with E-state index in [2.05, 4.69) is 5.32 Å². The third-order valence-corrected chi connectivity index (χ3v) is 7.81. The standard InChI is InChI=1S/C19H21F2N3O4S/c20-14-3-12(4-15(21)16(14)23-7-19(8-23)9-29(27)10-19)24-6-13(28-18(24)26)5-22-17(25)11-1-2-11/h3-4,11,13H,1-2,5-10H2,(H,22,25)/t13-/m0/s1. The second-order valence-corrected chi connectivity index (χ2v) is 9.94. The number of anilines is 2. The van der Waals surface area contributed by atoms with Crippen molar-refractivity contribution in [3.8, 4) is 0 Å². The van der Waals surface area contributed by atoms with Gasteiger partial charge in [-0.3, -0.25) is 9.69 Å². The average Bonchev–Trinajstić information content (AvgIpc) is 3.38. The van der Waals surface area contributed by atoms with Gasteiger partial charge in [-0.2, -0.15) is 0 Å². The molecule has 1 atom stereocenters. The normalized spacial score (nSPS) is 25.6. The number of benzene rings is 1. The molecule has 10 heteroatoms. The number of hydrogen-bond acceptors (Lipinski definition) is 5. The molecule has 1 saturated carbocycles. The van der Waals surface area contributed by atoms with Crippen molar-refractivity contribution in [3.63, 3.8) is 0 Å². The van der Waals surface area contributed by atoms with Gasteiger partial charge in [-0.15, -0.1) is 0 Å². The van der Waals surface area contributed by atoms with Crippen LogP contribution < -0.4 is 15.1 Å². The van der Waals surface area contributed by atoms with Crippen molar-refractivity contribution < 1.29 is 27.7 Å². The van der Waals surface area contributed by atoms with Gasteiger partial charge in [0, 0.05) is 31.1 Å². The predicted molar refractivity (Wildman–Crippen MR) is 102 cm³/mol. The first kappa shape index (κ1) is 18.9. The van der Waals surface area contributed by atoms with Crippen LogP contribution in [-0.4, -0.2) is 60.3 Å². The number of rotatable bonds is 5. The predicted octanol–water partition coefficient (Wildman–Crippen LogP) is 1.38. The van der Waals surface area contributed by atoms with Gasteiger partial charge in [0.2, 0.25) is 5.91 Å². The van der Waals surface area contributed by atoms with Gasteiger partial charge in [-0.05, 0) is 12.8 Å². The number of carbonyl (C=O) groups excluding carboxylic acids is 2. The van der Waals surface area contributed by atoms with E-state index in [1.807, 2.05) is 0 Å². The van der Waals surface area contributed by atoms with Crippen LogP contribution >= 0.6 is 0 Å². The Labute approximate surface area is 169 Å². The van der Waals surface area contributed by atoms with Crippen LogP contribution in [0.3, 0.4) is 0 Å². The summed E-state index contributed by atoms with van der Waals surface area (Å²) in [7, 11) is 0. The van der Waals surface area contributed by atoms with Crippen molar-refractivity contribution >= 4 is 34.6 Å². The molecule has 1 spiro atoms. The molecule has 5 rings (SSSR count). The number of nitrogens with zero attached hydrogens (tertiary/aromatic N) is 2. The monoisotopic (exact) mass is 425 g/mol. The van der Waals surface area contributed by atoms with E-state index < -0.39 is 35.0 Å². The van der Waals surface area contributed by atoms with Gasteiger partial charge >= 0.3 is 6.09 Å². The van der Waals surface area contributed by atoms with Crippen molar-refractivity contribution in [2.75, 3.05) is 47.5 Å². The van der Waals surface area contributed by atoms with E-state index in [0.29, 0.717) is 24.6 Å². The Bertz CT molecular complexity index is 844. The topological polar surface area (TPSA) is 84.9 Å². The highest BCUT2D eigenvalue weighted by Crippen LogP contribution is 2.45. The van der Waals surface area contributed by atoms with Gasteiger partial charge < -0.3 is 19.5 Å². The molecule has 3 aliphatic heterocycles. The minimum absolute atomic E-state index is 0.0523. The van der Waals surface area contributed by atoms with Gasteiger partial charge in [0.05, 0.1) is 24.2 Å². The Balaban J connectivity index is 1.24. The molecular formula is C19H21F2N3O4S. The molecule has 29 heavy (non-hydrogen) atoms. The van der Waals surface area contributed by atoms with Crippen LogP contribution in [0.4, 0.5) is 25.0 Å². The minimum Gasteiger partial charge on any atom is -0.616 e. The number of cyclic esters (lactones) is 1. The molecule has 1 aliphatic carbocycles. The van der Waals surface area contributed by atoms with E-state index in [4.69, 9.17) is 4.74 Å². The highest BCUT2D eigenvalue weighted by atomic mass is 32.2. The quantitative estimate of drug-likeness (QED) is 0.721. The number of nitrogens with one attached hydrogen (secondary N) is 1. The van der Waals surface area contributed by atoms with E-state index >= 15 is 0 Å². The molecule has 156 valence electrons. The molecule has 2 amide bonds. The Morgan fingerprint density at radius 2 is 1.93 bits per heavy atom. The van der Waals surface area contributed by atoms with Gasteiger partial charge in [0.15, 0.2) is 11.6 Å². The maximum absolute atomic E-state index is 14.7. The second kappa shape index (κ2) is 6.73. The molecule has 1 aromatic rings. The Morgan fingerprint density at radius 1 is 1.28 bits per heavy atom. The van der Waals surface area contributed by atoms with Crippen LogP contribution in [0, 0.1) is 23.0 Å². The molecule has 0 unspecified atom stereocenters. The summed E-state index contributed by atoms with van der Waals surface area (Å²) in [5.74, 6) is -0.308. The smallest absolute Gasteiger partial charge is 0.414 e. The summed E-state index contributed by atoms with van der Waals surface area (Å²) in [6, 6.07) is 2.27. The number of carbonyl (C=O) groups is 2. The van der Waals surface area contributed by atoms with Crippen LogP contribution in [0.1, 0.15) is 12.8 Å². The summed E-state index contributed by atoms with van der Waals surface area (Å²) in [5.41, 5.74) is -0.0955. The minimum atomic E-state index is -0.808. The third-order valence-electron chi connectivity index (χ3n) is 5.94. The van der Waals surface area contributed by atoms with Crippen LogP contribution in [0.25, 0.3) is 0 Å². The fourth-order valence-corrected chi connectivity index (χ4v) is 5.94. The lowest BCUT2D eigenvalue weighted by Crippen LogP contribution is -2.68. The van der Waals surface area contributed by atoms with E-state index in [-0.39, 0.29) is 41.7 Å². The van der Waals surface area contributed by atoms with Crippen LogP contribution in [0.15, 0.2) is 12.1 Å². The second-order valence-electron chi connectivity index (χ2n) is 8.48. The van der Waals surface area contributed by atoms with Crippen molar-refractivity contribution in [3.05, 3.63) is 23.8 Å². The van der Waals surface area contributed by atoms with Crippen molar-refractivity contribution in [2.45, 2.75) is 18.9 Å². The van der Waals surface area contributed by atoms with Crippen molar-refractivity contribution in [2.24, 2.45) is 11.3 Å². The summed E-state index contributed by atoms with van der Waals surface area (Å²) in [5, 5.41) is 2.74. The van der Waals surface area contributed by atoms with E-state index in [9.17, 15) is 22.9 Å². The molecular weight excluding hydrogens is 404 g/mol. The van der Waals surface area contributed by atoms with Crippen molar-refractivity contribution in [1.29, 1.82) is 0 Å². The fourth-order valence-electron chi connectivity index (χ4n) is 4.30. The molecule has 0 aromatic heterocycles. The van der Waals surface area contributed by atoms with E-state index in [0.717, 1.165) is 25.0 Å². The first-order valence-electron chi connectivity index (χ1n) is 9.68. The lowest BCUT2D eigenvalue weighted by Gasteiger charge is -2.55. The zero-order valence-electron chi connectivity index (χ0n) is 15.7. The highest BCUT2D eigenvalue weighted by Gasteiger charge is 2.57. The Morgan fingerprint density at radius 3 is 2.52 bits per heavy atom. The molecule has 7 nitrogen and oxygen atoms in total. The number of amides is 2. The number of hydrogen-bond donors (Lipinski definition) is 1. The lowest BCUT2D eigenvalue weighted by atomic mass is 9.82. The third kappa shape index (κ3) is 3.42. The summed E-state index contributed by atoms with van der Waals surface area (Å²) < 4.78 is 45.9. The molecule has 0 radical (unpaired) electrons. The molecule has 4 aliphatic rings.